The monoisotopic (exact) mass is 414 g/mol. The van der Waals surface area contributed by atoms with E-state index in [1.165, 1.54) is 18.6 Å². The molecule has 0 atom stereocenters. The number of thioether (sulfide) groups is 1. The average molecular weight is 415 g/mol. The van der Waals surface area contributed by atoms with E-state index in [4.69, 9.17) is 20.2 Å². The summed E-state index contributed by atoms with van der Waals surface area (Å²) in [4.78, 5) is 9.51. The minimum absolute atomic E-state index is 0.501. The van der Waals surface area contributed by atoms with Crippen molar-refractivity contribution >= 4 is 39.5 Å². The maximum atomic E-state index is 6.30. The van der Waals surface area contributed by atoms with Crippen molar-refractivity contribution in [2.75, 3.05) is 31.0 Å². The molecule has 29 heavy (non-hydrogen) atoms. The van der Waals surface area contributed by atoms with Gasteiger partial charge in [0, 0.05) is 24.8 Å². The lowest BCUT2D eigenvalue weighted by Crippen LogP contribution is -2.26. The molecule has 1 aromatic carbocycles. The molecule has 0 amide bonds. The molecular weight excluding hydrogens is 384 g/mol. The smallest absolute Gasteiger partial charge is 0.166 e. The zero-order chi connectivity index (χ0) is 20.3. The van der Waals surface area contributed by atoms with Gasteiger partial charge in [-0.2, -0.15) is 11.8 Å². The van der Waals surface area contributed by atoms with Crippen LogP contribution in [0.1, 0.15) is 38.4 Å². The Bertz CT molecular complexity index is 982. The summed E-state index contributed by atoms with van der Waals surface area (Å²) < 4.78 is 13.9. The number of para-hydroxylation sites is 1. The van der Waals surface area contributed by atoms with Crippen molar-refractivity contribution in [2.24, 2.45) is 0 Å². The summed E-state index contributed by atoms with van der Waals surface area (Å²) >= 11 is 1.91. The van der Waals surface area contributed by atoms with Crippen LogP contribution in [0.4, 0.5) is 5.82 Å². The fourth-order valence-electron chi connectivity index (χ4n) is 4.07. The Kier molecular flexibility index (Phi) is 6.27. The fraction of sp³-hybridized carbons (Fsp3) is 0.545. The molecule has 1 fully saturated rings. The van der Waals surface area contributed by atoms with E-state index in [0.29, 0.717) is 19.0 Å². The number of pyridine rings is 1. The van der Waals surface area contributed by atoms with E-state index in [1.807, 2.05) is 30.8 Å². The molecule has 2 aromatic heterocycles. The Labute approximate surface area is 176 Å². The van der Waals surface area contributed by atoms with Gasteiger partial charge in [-0.25, -0.2) is 9.97 Å². The number of unbranched alkanes of at least 4 members (excludes halogenated alkanes) is 2. The summed E-state index contributed by atoms with van der Waals surface area (Å²) in [5.41, 5.74) is 9.13. The summed E-state index contributed by atoms with van der Waals surface area (Å²) in [5.74, 6) is 2.23. The minimum atomic E-state index is -0.521. The summed E-state index contributed by atoms with van der Waals surface area (Å²) in [6, 6.07) is 8.18. The van der Waals surface area contributed by atoms with Gasteiger partial charge in [0.2, 0.25) is 0 Å². The SMILES string of the molecule is CSCCCCCn1c(CCC2(C)OCCO2)nc2c(N)nc3ccccc3c21. The number of ether oxygens (including phenoxy) is 2. The van der Waals surface area contributed by atoms with E-state index in [-0.39, 0.29) is 0 Å². The van der Waals surface area contributed by atoms with Gasteiger partial charge in [0.15, 0.2) is 11.6 Å². The highest BCUT2D eigenvalue weighted by atomic mass is 32.2. The molecule has 4 rings (SSSR count). The minimum Gasteiger partial charge on any atom is -0.382 e. The number of imidazole rings is 1. The van der Waals surface area contributed by atoms with E-state index in [9.17, 15) is 0 Å². The molecule has 2 N–H and O–H groups in total. The summed E-state index contributed by atoms with van der Waals surface area (Å²) in [7, 11) is 0. The highest BCUT2D eigenvalue weighted by Gasteiger charge is 2.31. The second-order valence-corrected chi connectivity index (χ2v) is 8.76. The summed E-state index contributed by atoms with van der Waals surface area (Å²) in [6.07, 6.45) is 7.30. The molecule has 1 aliphatic rings. The molecule has 3 aromatic rings. The molecule has 1 aliphatic heterocycles. The van der Waals surface area contributed by atoms with Crippen molar-refractivity contribution in [3.63, 3.8) is 0 Å². The first-order valence-electron chi connectivity index (χ1n) is 10.4. The van der Waals surface area contributed by atoms with Gasteiger partial charge in [-0.05, 0) is 37.8 Å². The predicted octanol–water partition coefficient (Wildman–Crippen LogP) is 4.40. The van der Waals surface area contributed by atoms with E-state index in [2.05, 4.69) is 27.9 Å². The third kappa shape index (κ3) is 4.37. The van der Waals surface area contributed by atoms with Crippen molar-refractivity contribution in [3.05, 3.63) is 30.1 Å². The van der Waals surface area contributed by atoms with Crippen LogP contribution in [0.25, 0.3) is 21.9 Å². The van der Waals surface area contributed by atoms with Crippen molar-refractivity contribution in [3.8, 4) is 0 Å². The summed E-state index contributed by atoms with van der Waals surface area (Å²) in [6.45, 7) is 4.26. The number of fused-ring (bicyclic) bond motifs is 3. The van der Waals surface area contributed by atoms with Gasteiger partial charge in [-0.15, -0.1) is 0 Å². The van der Waals surface area contributed by atoms with Crippen molar-refractivity contribution in [1.82, 2.24) is 14.5 Å². The number of nitrogen functional groups attached to an aromatic ring is 1. The maximum Gasteiger partial charge on any atom is 0.166 e. The molecule has 0 unspecified atom stereocenters. The van der Waals surface area contributed by atoms with Crippen LogP contribution in [0.3, 0.4) is 0 Å². The maximum absolute atomic E-state index is 6.30. The topological polar surface area (TPSA) is 75.2 Å². The van der Waals surface area contributed by atoms with Crippen LogP contribution in [0.2, 0.25) is 0 Å². The molecule has 1 saturated heterocycles. The highest BCUT2D eigenvalue weighted by molar-refractivity contribution is 7.98. The Hall–Kier alpha value is -1.83. The Morgan fingerprint density at radius 3 is 2.72 bits per heavy atom. The molecule has 3 heterocycles. The van der Waals surface area contributed by atoms with Crippen molar-refractivity contribution < 1.29 is 9.47 Å². The van der Waals surface area contributed by atoms with Gasteiger partial charge in [0.1, 0.15) is 11.3 Å². The van der Waals surface area contributed by atoms with Crippen LogP contribution in [-0.4, -0.2) is 45.5 Å². The number of rotatable bonds is 9. The zero-order valence-electron chi connectivity index (χ0n) is 17.3. The first kappa shape index (κ1) is 20.4. The highest BCUT2D eigenvalue weighted by Crippen LogP contribution is 2.31. The second-order valence-electron chi connectivity index (χ2n) is 7.78. The number of hydrogen-bond acceptors (Lipinski definition) is 6. The quantitative estimate of drug-likeness (QED) is 0.523. The number of aryl methyl sites for hydroxylation is 2. The number of nitrogens with zero attached hydrogens (tertiary/aromatic N) is 3. The van der Waals surface area contributed by atoms with Crippen LogP contribution in [-0.2, 0) is 22.4 Å². The first-order valence-corrected chi connectivity index (χ1v) is 11.8. The van der Waals surface area contributed by atoms with Crippen molar-refractivity contribution in [1.29, 1.82) is 0 Å². The number of nitrogens with two attached hydrogens (primary N) is 1. The van der Waals surface area contributed by atoms with Gasteiger partial charge in [0.25, 0.3) is 0 Å². The molecule has 0 radical (unpaired) electrons. The average Bonchev–Trinajstić information content (AvgIpc) is 3.31. The molecular formula is C22H30N4O2S. The molecule has 6 nitrogen and oxygen atoms in total. The number of anilines is 1. The largest absolute Gasteiger partial charge is 0.382 e. The molecule has 7 heteroatoms. The fourth-order valence-corrected chi connectivity index (χ4v) is 4.56. The van der Waals surface area contributed by atoms with Crippen LogP contribution in [0.5, 0.6) is 0 Å². The normalized spacial score (nSPS) is 16.2. The number of benzene rings is 1. The van der Waals surface area contributed by atoms with Crippen LogP contribution < -0.4 is 5.73 Å². The van der Waals surface area contributed by atoms with Gasteiger partial charge < -0.3 is 19.8 Å². The van der Waals surface area contributed by atoms with Crippen LogP contribution in [0.15, 0.2) is 24.3 Å². The molecule has 0 bridgehead atoms. The molecule has 156 valence electrons. The van der Waals surface area contributed by atoms with Gasteiger partial charge in [-0.3, -0.25) is 0 Å². The van der Waals surface area contributed by atoms with E-state index in [1.54, 1.807) is 0 Å². The Morgan fingerprint density at radius 1 is 1.14 bits per heavy atom. The number of aromatic nitrogens is 3. The number of hydrogen-bond donors (Lipinski definition) is 1. The zero-order valence-corrected chi connectivity index (χ0v) is 18.1. The summed E-state index contributed by atoms with van der Waals surface area (Å²) in [5, 5.41) is 1.11. The van der Waals surface area contributed by atoms with E-state index >= 15 is 0 Å². The predicted molar refractivity (Wildman–Crippen MR) is 120 cm³/mol. The third-order valence-corrected chi connectivity index (χ3v) is 6.32. The van der Waals surface area contributed by atoms with E-state index in [0.717, 1.165) is 53.6 Å². The lowest BCUT2D eigenvalue weighted by atomic mass is 10.1. The van der Waals surface area contributed by atoms with Gasteiger partial charge >= 0.3 is 0 Å². The third-order valence-electron chi connectivity index (χ3n) is 5.62. The van der Waals surface area contributed by atoms with Gasteiger partial charge in [-0.1, -0.05) is 24.6 Å². The van der Waals surface area contributed by atoms with Crippen LogP contribution >= 0.6 is 11.8 Å². The molecule has 0 saturated carbocycles. The van der Waals surface area contributed by atoms with Crippen molar-refractivity contribution in [2.45, 2.75) is 51.4 Å². The standard InChI is InChI=1S/C22H30N4O2S/c1-22(27-13-14-28-22)11-10-18-25-19-20(26(18)12-6-3-7-15-29-2)16-8-4-5-9-17(16)24-21(19)23/h4-5,8-9H,3,6-7,10-15H2,1-2H3,(H2,23,24). The molecule has 0 spiro atoms. The lowest BCUT2D eigenvalue weighted by Gasteiger charge is -2.22. The van der Waals surface area contributed by atoms with Crippen LogP contribution in [0, 0.1) is 0 Å². The van der Waals surface area contributed by atoms with Gasteiger partial charge in [0.05, 0.1) is 24.2 Å². The molecule has 0 aliphatic carbocycles. The second kappa shape index (κ2) is 8.90. The Morgan fingerprint density at radius 2 is 1.93 bits per heavy atom. The van der Waals surface area contributed by atoms with E-state index < -0.39 is 5.79 Å². The lowest BCUT2D eigenvalue weighted by molar-refractivity contribution is -0.146. The first-order chi connectivity index (χ1) is 14.1. The Balaban J connectivity index is 1.69.